The zero-order valence-electron chi connectivity index (χ0n) is 11.0. The van der Waals surface area contributed by atoms with Crippen LogP contribution in [0.25, 0.3) is 0 Å². The van der Waals surface area contributed by atoms with Crippen LogP contribution in [0.3, 0.4) is 0 Å². The number of carbonyl (C=O) groups excluding carboxylic acids is 1. The molecule has 0 saturated carbocycles. The van der Waals surface area contributed by atoms with Crippen LogP contribution in [0.1, 0.15) is 33.6 Å². The summed E-state index contributed by atoms with van der Waals surface area (Å²) in [4.78, 5) is 12.0. The third-order valence-corrected chi connectivity index (χ3v) is 3.99. The van der Waals surface area contributed by atoms with Gasteiger partial charge in [-0.1, -0.05) is 6.92 Å². The maximum absolute atomic E-state index is 12.0. The number of nitrogens with one attached hydrogen (secondary N) is 1. The lowest BCUT2D eigenvalue weighted by atomic mass is 9.86. The Morgan fingerprint density at radius 3 is 2.76 bits per heavy atom. The summed E-state index contributed by atoms with van der Waals surface area (Å²) in [5.74, 6) is -0.102. The van der Waals surface area contributed by atoms with Crippen LogP contribution in [0.5, 0.6) is 0 Å². The first-order valence-electron chi connectivity index (χ1n) is 6.20. The molecule has 1 aliphatic heterocycles. The highest BCUT2D eigenvalue weighted by molar-refractivity contribution is 5.82. The Kier molecular flexibility index (Phi) is 4.52. The summed E-state index contributed by atoms with van der Waals surface area (Å²) in [5.41, 5.74) is 4.11. The smallest absolute Gasteiger partial charge is 0.227 e. The molecule has 0 bridgehead atoms. The molecule has 1 fully saturated rings. The first-order valence-corrected chi connectivity index (χ1v) is 6.20. The number of hydrogen-bond donors (Lipinski definition) is 3. The summed E-state index contributed by atoms with van der Waals surface area (Å²) in [5, 5.41) is 13.0. The van der Waals surface area contributed by atoms with Crippen molar-refractivity contribution >= 4 is 5.91 Å². The van der Waals surface area contributed by atoms with Crippen LogP contribution in [0.2, 0.25) is 0 Å². The summed E-state index contributed by atoms with van der Waals surface area (Å²) in [6.45, 7) is 6.66. The lowest BCUT2D eigenvalue weighted by Crippen LogP contribution is -2.52. The summed E-state index contributed by atoms with van der Waals surface area (Å²) >= 11 is 0. The van der Waals surface area contributed by atoms with Crippen LogP contribution in [0.4, 0.5) is 0 Å². The third-order valence-electron chi connectivity index (χ3n) is 3.99. The van der Waals surface area contributed by atoms with E-state index in [1.807, 2.05) is 20.8 Å². The molecule has 17 heavy (non-hydrogen) atoms. The van der Waals surface area contributed by atoms with E-state index in [1.54, 1.807) is 0 Å². The van der Waals surface area contributed by atoms with E-state index in [-0.39, 0.29) is 18.6 Å². The molecule has 1 aliphatic rings. The fourth-order valence-corrected chi connectivity index (χ4v) is 1.85. The molecule has 5 nitrogen and oxygen atoms in total. The molecular weight excluding hydrogens is 220 g/mol. The van der Waals surface area contributed by atoms with Crippen LogP contribution < -0.4 is 11.1 Å². The van der Waals surface area contributed by atoms with Crippen molar-refractivity contribution in [2.24, 2.45) is 11.1 Å². The van der Waals surface area contributed by atoms with Crippen LogP contribution in [-0.2, 0) is 9.53 Å². The Bertz CT molecular complexity index is 279. The molecule has 0 spiro atoms. The molecule has 0 aliphatic carbocycles. The van der Waals surface area contributed by atoms with Crippen molar-refractivity contribution < 1.29 is 14.6 Å². The van der Waals surface area contributed by atoms with Gasteiger partial charge >= 0.3 is 0 Å². The maximum atomic E-state index is 12.0. The van der Waals surface area contributed by atoms with Crippen molar-refractivity contribution in [3.05, 3.63) is 0 Å². The maximum Gasteiger partial charge on any atom is 0.227 e. The van der Waals surface area contributed by atoms with Gasteiger partial charge in [0.05, 0.1) is 11.5 Å². The Balaban J connectivity index is 2.53. The largest absolute Gasteiger partial charge is 0.385 e. The van der Waals surface area contributed by atoms with Gasteiger partial charge < -0.3 is 20.9 Å². The summed E-state index contributed by atoms with van der Waals surface area (Å²) < 4.78 is 5.31. The predicted octanol–water partition coefficient (Wildman–Crippen LogP) is 0.0175. The van der Waals surface area contributed by atoms with E-state index in [9.17, 15) is 9.90 Å². The Morgan fingerprint density at radius 1 is 1.71 bits per heavy atom. The minimum Gasteiger partial charge on any atom is -0.385 e. The second-order valence-corrected chi connectivity index (χ2v) is 5.17. The minimum absolute atomic E-state index is 0.102. The number of nitrogens with two attached hydrogens (primary N) is 1. The van der Waals surface area contributed by atoms with Gasteiger partial charge in [0.1, 0.15) is 5.60 Å². The molecular formula is C12H24N2O3. The lowest BCUT2D eigenvalue weighted by Gasteiger charge is -2.30. The van der Waals surface area contributed by atoms with Gasteiger partial charge in [0, 0.05) is 26.1 Å². The molecule has 1 amide bonds. The fraction of sp³-hybridized carbons (Fsp3) is 0.917. The SMILES string of the molecule is CCC(C)(CN)C(=O)NCC1(O)CCOC1C. The van der Waals surface area contributed by atoms with Crippen molar-refractivity contribution in [3.63, 3.8) is 0 Å². The molecule has 0 aromatic carbocycles. The fourth-order valence-electron chi connectivity index (χ4n) is 1.85. The number of amides is 1. The van der Waals surface area contributed by atoms with Crippen LogP contribution in [-0.4, -0.2) is 42.4 Å². The second kappa shape index (κ2) is 5.33. The van der Waals surface area contributed by atoms with Crippen molar-refractivity contribution in [2.45, 2.75) is 45.3 Å². The van der Waals surface area contributed by atoms with E-state index in [4.69, 9.17) is 10.5 Å². The van der Waals surface area contributed by atoms with Gasteiger partial charge in [-0.2, -0.15) is 0 Å². The molecule has 1 saturated heterocycles. The summed E-state index contributed by atoms with van der Waals surface area (Å²) in [6.07, 6.45) is 0.994. The van der Waals surface area contributed by atoms with Gasteiger partial charge in [0.25, 0.3) is 0 Å². The number of carbonyl (C=O) groups is 1. The van der Waals surface area contributed by atoms with E-state index in [0.717, 1.165) is 0 Å². The lowest BCUT2D eigenvalue weighted by molar-refractivity contribution is -0.131. The monoisotopic (exact) mass is 244 g/mol. The average molecular weight is 244 g/mol. The first-order chi connectivity index (χ1) is 7.88. The molecule has 1 heterocycles. The van der Waals surface area contributed by atoms with Crippen molar-refractivity contribution in [3.8, 4) is 0 Å². The van der Waals surface area contributed by atoms with Gasteiger partial charge in [0.2, 0.25) is 5.91 Å². The molecule has 0 aromatic rings. The first kappa shape index (κ1) is 14.4. The standard InChI is InChI=1S/C12H24N2O3/c1-4-11(3,7-13)10(15)14-8-12(16)5-6-17-9(12)2/h9,16H,4-8,13H2,1-3H3,(H,14,15). The van der Waals surface area contributed by atoms with Gasteiger partial charge in [-0.25, -0.2) is 0 Å². The number of rotatable bonds is 5. The molecule has 0 radical (unpaired) electrons. The van der Waals surface area contributed by atoms with Gasteiger partial charge in [-0.05, 0) is 20.3 Å². The van der Waals surface area contributed by atoms with Crippen molar-refractivity contribution in [1.82, 2.24) is 5.32 Å². The van der Waals surface area contributed by atoms with Gasteiger partial charge in [-0.3, -0.25) is 4.79 Å². The van der Waals surface area contributed by atoms with E-state index >= 15 is 0 Å². The minimum atomic E-state index is -0.946. The Hall–Kier alpha value is -0.650. The number of aliphatic hydroxyl groups is 1. The number of ether oxygens (including phenoxy) is 1. The quantitative estimate of drug-likeness (QED) is 0.636. The van der Waals surface area contributed by atoms with Crippen LogP contribution >= 0.6 is 0 Å². The predicted molar refractivity (Wildman–Crippen MR) is 65.4 cm³/mol. The molecule has 100 valence electrons. The van der Waals surface area contributed by atoms with E-state index in [1.165, 1.54) is 0 Å². The van der Waals surface area contributed by atoms with Crippen LogP contribution in [0, 0.1) is 5.41 Å². The molecule has 5 heteroatoms. The van der Waals surface area contributed by atoms with Crippen molar-refractivity contribution in [1.29, 1.82) is 0 Å². The molecule has 3 atom stereocenters. The zero-order chi connectivity index (χ0) is 13.1. The Morgan fingerprint density at radius 2 is 2.35 bits per heavy atom. The topological polar surface area (TPSA) is 84.6 Å². The van der Waals surface area contributed by atoms with E-state index < -0.39 is 11.0 Å². The summed E-state index contributed by atoms with van der Waals surface area (Å²) in [6, 6.07) is 0. The molecule has 0 aromatic heterocycles. The molecule has 1 rings (SSSR count). The van der Waals surface area contributed by atoms with E-state index in [2.05, 4.69) is 5.32 Å². The second-order valence-electron chi connectivity index (χ2n) is 5.17. The van der Waals surface area contributed by atoms with E-state index in [0.29, 0.717) is 26.0 Å². The highest BCUT2D eigenvalue weighted by atomic mass is 16.5. The normalized spacial score (nSPS) is 32.2. The van der Waals surface area contributed by atoms with Crippen LogP contribution in [0.15, 0.2) is 0 Å². The van der Waals surface area contributed by atoms with Gasteiger partial charge in [-0.15, -0.1) is 0 Å². The zero-order valence-corrected chi connectivity index (χ0v) is 11.0. The molecule has 3 unspecified atom stereocenters. The summed E-state index contributed by atoms with van der Waals surface area (Å²) in [7, 11) is 0. The third kappa shape index (κ3) is 2.97. The highest BCUT2D eigenvalue weighted by Gasteiger charge is 2.41. The molecule has 4 N–H and O–H groups in total. The highest BCUT2D eigenvalue weighted by Crippen LogP contribution is 2.25. The average Bonchev–Trinajstić information content (AvgIpc) is 2.66. The van der Waals surface area contributed by atoms with Crippen molar-refractivity contribution in [2.75, 3.05) is 19.7 Å². The number of hydrogen-bond acceptors (Lipinski definition) is 4. The van der Waals surface area contributed by atoms with Gasteiger partial charge in [0.15, 0.2) is 0 Å². The Labute approximate surface area is 103 Å².